The van der Waals surface area contributed by atoms with Gasteiger partial charge >= 0.3 is 0 Å². The maximum Gasteiger partial charge on any atom is 0.264 e. The number of ether oxygens (including phenoxy) is 4. The van der Waals surface area contributed by atoms with Gasteiger partial charge in [-0.1, -0.05) is 6.07 Å². The average molecular weight is 530 g/mol. The zero-order chi connectivity index (χ0) is 27.0. The molecular weight excluding hydrogens is 502 g/mol. The van der Waals surface area contributed by atoms with Gasteiger partial charge in [0.2, 0.25) is 0 Å². The van der Waals surface area contributed by atoms with Crippen molar-refractivity contribution in [3.05, 3.63) is 66.2 Å². The van der Waals surface area contributed by atoms with Crippen LogP contribution in [-0.2, 0) is 14.8 Å². The fourth-order valence-corrected chi connectivity index (χ4v) is 4.75. The van der Waals surface area contributed by atoms with Gasteiger partial charge in [-0.3, -0.25) is 9.10 Å². The fraction of sp³-hybridized carbons (Fsp3) is 0.200. The molecule has 0 atom stereocenters. The van der Waals surface area contributed by atoms with E-state index in [0.29, 0.717) is 17.1 Å². The van der Waals surface area contributed by atoms with Crippen LogP contribution in [0.3, 0.4) is 0 Å². The van der Waals surface area contributed by atoms with Gasteiger partial charge in [-0.05, 0) is 48.5 Å². The molecule has 3 rings (SSSR count). The number of aromatic hydroxyl groups is 1. The number of amides is 1. The molecule has 0 heterocycles. The number of phenolic OH excluding ortho intramolecular Hbond substituents is 1. The van der Waals surface area contributed by atoms with E-state index in [2.05, 4.69) is 10.5 Å². The molecule has 0 radical (unpaired) electrons. The van der Waals surface area contributed by atoms with Gasteiger partial charge < -0.3 is 24.1 Å². The molecule has 11 nitrogen and oxygen atoms in total. The van der Waals surface area contributed by atoms with Crippen molar-refractivity contribution < 1.29 is 37.3 Å². The number of rotatable bonds is 11. The summed E-state index contributed by atoms with van der Waals surface area (Å²) in [5.41, 5.74) is 2.80. The van der Waals surface area contributed by atoms with E-state index >= 15 is 0 Å². The summed E-state index contributed by atoms with van der Waals surface area (Å²) >= 11 is 0. The van der Waals surface area contributed by atoms with Crippen molar-refractivity contribution in [1.82, 2.24) is 5.43 Å². The number of hydrogen-bond donors (Lipinski definition) is 2. The van der Waals surface area contributed by atoms with Crippen LogP contribution in [0.25, 0.3) is 0 Å². The number of para-hydroxylation sites is 1. The molecule has 0 aliphatic carbocycles. The summed E-state index contributed by atoms with van der Waals surface area (Å²) in [7, 11) is 1.49. The second kappa shape index (κ2) is 12.0. The quantitative estimate of drug-likeness (QED) is 0.286. The molecule has 0 aromatic heterocycles. The summed E-state index contributed by atoms with van der Waals surface area (Å²) in [6, 6.07) is 15.1. The Labute approximate surface area is 214 Å². The van der Waals surface area contributed by atoms with Crippen LogP contribution in [0.1, 0.15) is 5.56 Å². The molecule has 3 aromatic carbocycles. The highest BCUT2D eigenvalue weighted by molar-refractivity contribution is 7.92. The van der Waals surface area contributed by atoms with Crippen molar-refractivity contribution in [2.75, 3.05) is 39.3 Å². The topological polar surface area (TPSA) is 136 Å². The summed E-state index contributed by atoms with van der Waals surface area (Å²) in [6.45, 7) is -0.593. The predicted octanol–water partition coefficient (Wildman–Crippen LogP) is 2.77. The number of carbonyl (C=O) groups excluding carboxylic acids is 1. The van der Waals surface area contributed by atoms with Gasteiger partial charge in [-0.15, -0.1) is 0 Å². The maximum atomic E-state index is 13.6. The Hall–Kier alpha value is -4.45. The summed E-state index contributed by atoms with van der Waals surface area (Å²) in [5, 5.41) is 14.0. The minimum atomic E-state index is -4.23. The normalized spacial score (nSPS) is 11.1. The molecule has 0 aliphatic heterocycles. The summed E-state index contributed by atoms with van der Waals surface area (Å²) in [5.74, 6) is 0.439. The third kappa shape index (κ3) is 6.22. The first-order valence-electron chi connectivity index (χ1n) is 10.8. The van der Waals surface area contributed by atoms with E-state index in [9.17, 15) is 18.3 Å². The number of nitrogens with zero attached hydrogens (tertiary/aromatic N) is 2. The van der Waals surface area contributed by atoms with Crippen LogP contribution < -0.4 is 28.7 Å². The molecule has 0 unspecified atom stereocenters. The number of hydrogen-bond acceptors (Lipinski definition) is 9. The van der Waals surface area contributed by atoms with Crippen molar-refractivity contribution in [2.45, 2.75) is 4.90 Å². The molecule has 0 saturated carbocycles. The maximum absolute atomic E-state index is 13.6. The Morgan fingerprint density at radius 1 is 0.919 bits per heavy atom. The van der Waals surface area contributed by atoms with Crippen molar-refractivity contribution in [3.8, 4) is 28.7 Å². The number of methoxy groups -OCH3 is 4. The molecule has 12 heteroatoms. The van der Waals surface area contributed by atoms with Gasteiger partial charge in [-0.2, -0.15) is 5.10 Å². The summed E-state index contributed by atoms with van der Waals surface area (Å²) < 4.78 is 48.8. The SMILES string of the molecule is COc1ccc(N(CC(=O)N/N=C\c2cccc(OC)c2O)S(=O)(=O)c2ccc(OC)c(OC)c2)cc1. The third-order valence-electron chi connectivity index (χ3n) is 5.23. The van der Waals surface area contributed by atoms with Gasteiger partial charge in [0.1, 0.15) is 12.3 Å². The van der Waals surface area contributed by atoms with Gasteiger partial charge in [0.05, 0.1) is 45.2 Å². The van der Waals surface area contributed by atoms with E-state index in [1.54, 1.807) is 30.3 Å². The average Bonchev–Trinajstić information content (AvgIpc) is 2.92. The van der Waals surface area contributed by atoms with Crippen molar-refractivity contribution in [3.63, 3.8) is 0 Å². The van der Waals surface area contributed by atoms with Gasteiger partial charge in [0.25, 0.3) is 15.9 Å². The lowest BCUT2D eigenvalue weighted by Gasteiger charge is -2.24. The second-order valence-corrected chi connectivity index (χ2v) is 9.28. The van der Waals surface area contributed by atoms with E-state index in [0.717, 1.165) is 4.31 Å². The molecule has 0 fully saturated rings. The Morgan fingerprint density at radius 3 is 2.22 bits per heavy atom. The van der Waals surface area contributed by atoms with E-state index < -0.39 is 22.5 Å². The molecule has 37 heavy (non-hydrogen) atoms. The molecule has 0 spiro atoms. The lowest BCUT2D eigenvalue weighted by atomic mass is 10.2. The molecule has 0 bridgehead atoms. The van der Waals surface area contributed by atoms with Crippen LogP contribution in [-0.4, -0.2) is 60.6 Å². The van der Waals surface area contributed by atoms with Crippen molar-refractivity contribution >= 4 is 27.8 Å². The van der Waals surface area contributed by atoms with Crippen LogP contribution >= 0.6 is 0 Å². The predicted molar refractivity (Wildman–Crippen MR) is 137 cm³/mol. The zero-order valence-electron chi connectivity index (χ0n) is 20.7. The van der Waals surface area contributed by atoms with E-state index in [-0.39, 0.29) is 27.8 Å². The number of hydrazone groups is 1. The van der Waals surface area contributed by atoms with Gasteiger partial charge in [0.15, 0.2) is 23.0 Å². The van der Waals surface area contributed by atoms with Crippen LogP contribution in [0, 0.1) is 0 Å². The molecular formula is C25H27N3O8S. The molecule has 0 aliphatic rings. The van der Waals surface area contributed by atoms with E-state index in [1.807, 2.05) is 0 Å². The highest BCUT2D eigenvalue weighted by Crippen LogP contribution is 2.32. The smallest absolute Gasteiger partial charge is 0.264 e. The Morgan fingerprint density at radius 2 is 1.59 bits per heavy atom. The zero-order valence-corrected chi connectivity index (χ0v) is 21.5. The van der Waals surface area contributed by atoms with E-state index in [4.69, 9.17) is 18.9 Å². The number of phenols is 1. The standard InChI is InChI=1S/C25H27N3O8S/c1-33-19-10-8-18(9-11-19)28(37(31,32)20-12-13-21(34-2)23(14-20)36-4)16-24(29)27-26-15-17-6-5-7-22(35-3)25(17)30/h5-15,30H,16H2,1-4H3,(H,27,29)/b26-15-. The number of benzene rings is 3. The van der Waals surface area contributed by atoms with Gasteiger partial charge in [-0.25, -0.2) is 13.8 Å². The van der Waals surface area contributed by atoms with Crippen LogP contribution in [0.4, 0.5) is 5.69 Å². The number of anilines is 1. The molecule has 2 N–H and O–H groups in total. The van der Waals surface area contributed by atoms with Crippen molar-refractivity contribution in [2.24, 2.45) is 5.10 Å². The van der Waals surface area contributed by atoms with Crippen LogP contribution in [0.2, 0.25) is 0 Å². The fourth-order valence-electron chi connectivity index (χ4n) is 3.32. The lowest BCUT2D eigenvalue weighted by Crippen LogP contribution is -2.39. The minimum absolute atomic E-state index is 0.112. The monoisotopic (exact) mass is 529 g/mol. The lowest BCUT2D eigenvalue weighted by molar-refractivity contribution is -0.119. The largest absolute Gasteiger partial charge is 0.504 e. The minimum Gasteiger partial charge on any atom is -0.504 e. The number of sulfonamides is 1. The number of nitrogens with one attached hydrogen (secondary N) is 1. The molecule has 196 valence electrons. The summed E-state index contributed by atoms with van der Waals surface area (Å²) in [6.07, 6.45) is 1.22. The summed E-state index contributed by atoms with van der Waals surface area (Å²) in [4.78, 5) is 12.6. The Balaban J connectivity index is 1.90. The number of carbonyl (C=O) groups is 1. The highest BCUT2D eigenvalue weighted by Gasteiger charge is 2.28. The van der Waals surface area contributed by atoms with E-state index in [1.165, 1.54) is 65.0 Å². The first-order chi connectivity index (χ1) is 17.7. The molecule has 1 amide bonds. The Kier molecular flexibility index (Phi) is 8.80. The first-order valence-corrected chi connectivity index (χ1v) is 12.3. The Bertz CT molecular complexity index is 1380. The van der Waals surface area contributed by atoms with Gasteiger partial charge in [0, 0.05) is 11.6 Å². The molecule has 0 saturated heterocycles. The third-order valence-corrected chi connectivity index (χ3v) is 7.00. The first kappa shape index (κ1) is 27.1. The molecule has 3 aromatic rings. The van der Waals surface area contributed by atoms with Crippen LogP contribution in [0.15, 0.2) is 70.7 Å². The van der Waals surface area contributed by atoms with Crippen molar-refractivity contribution in [1.29, 1.82) is 0 Å². The highest BCUT2D eigenvalue weighted by atomic mass is 32.2. The second-order valence-electron chi connectivity index (χ2n) is 7.42. The van der Waals surface area contributed by atoms with Crippen LogP contribution in [0.5, 0.6) is 28.7 Å².